The van der Waals surface area contributed by atoms with Crippen LogP contribution in [0.4, 0.5) is 5.69 Å². The van der Waals surface area contributed by atoms with Crippen LogP contribution in [0.5, 0.6) is 0 Å². The van der Waals surface area contributed by atoms with Gasteiger partial charge in [0.1, 0.15) is 16.3 Å². The average molecular weight is 505 g/mol. The molecule has 3 amide bonds. The largest absolute Gasteiger partial charge is 0.324 e. The van der Waals surface area contributed by atoms with Gasteiger partial charge in [0.25, 0.3) is 0 Å². The molecule has 1 N–H and O–H groups in total. The predicted octanol–water partition coefficient (Wildman–Crippen LogP) is 4.84. The number of carbonyl (C=O) groups is 3. The minimum Gasteiger partial charge on any atom is -0.324 e. The van der Waals surface area contributed by atoms with E-state index in [0.717, 1.165) is 38.3 Å². The molecule has 0 saturated carbocycles. The van der Waals surface area contributed by atoms with Gasteiger partial charge in [-0.25, -0.2) is 0 Å². The fraction of sp³-hybridized carbons (Fsp3) is 0.250. The second-order valence-electron chi connectivity index (χ2n) is 9.53. The van der Waals surface area contributed by atoms with Crippen molar-refractivity contribution in [3.05, 3.63) is 100 Å². The standard InChI is InChI=1S/C28H22Cl2N2O3/c1-15-8-7-13-21(16(15)2)31-22(33)14-32-25(34)23-24(26(32)35)28(30)18-10-4-3-9-17(18)27(23,29)19-11-5-6-12-20(19)28/h3-13,23-24H,14H2,1-2H3,(H,31,33)/t23-,24-,27?,28?/m0/s1. The van der Waals surface area contributed by atoms with Crippen molar-refractivity contribution in [3.8, 4) is 0 Å². The molecule has 2 atom stereocenters. The summed E-state index contributed by atoms with van der Waals surface area (Å²) in [6, 6.07) is 20.5. The minimum atomic E-state index is -1.25. The molecule has 4 aliphatic rings. The van der Waals surface area contributed by atoms with Crippen LogP contribution in [0.1, 0.15) is 33.4 Å². The Labute approximate surface area is 213 Å². The number of alkyl halides is 2. The van der Waals surface area contributed by atoms with Gasteiger partial charge < -0.3 is 5.32 Å². The van der Waals surface area contributed by atoms with Crippen LogP contribution in [0, 0.1) is 25.7 Å². The highest BCUT2D eigenvalue weighted by molar-refractivity contribution is 6.36. The number of carbonyl (C=O) groups excluding carboxylic acids is 3. The molecule has 5 nitrogen and oxygen atoms in total. The fourth-order valence-corrected chi connectivity index (χ4v) is 7.20. The van der Waals surface area contributed by atoms with Crippen LogP contribution in [-0.4, -0.2) is 29.2 Å². The summed E-state index contributed by atoms with van der Waals surface area (Å²) >= 11 is 14.8. The monoisotopic (exact) mass is 504 g/mol. The molecule has 1 saturated heterocycles. The van der Waals surface area contributed by atoms with Crippen molar-refractivity contribution in [1.29, 1.82) is 0 Å². The zero-order valence-corrected chi connectivity index (χ0v) is 20.7. The molecule has 7 heteroatoms. The Hall–Kier alpha value is -3.15. The molecule has 3 aromatic carbocycles. The molecule has 7 rings (SSSR count). The van der Waals surface area contributed by atoms with E-state index >= 15 is 0 Å². The number of imide groups is 1. The Morgan fingerprint density at radius 3 is 1.71 bits per heavy atom. The summed E-state index contributed by atoms with van der Waals surface area (Å²) in [5, 5.41) is 2.84. The van der Waals surface area contributed by atoms with Gasteiger partial charge in [0.2, 0.25) is 17.7 Å². The molecule has 35 heavy (non-hydrogen) atoms. The summed E-state index contributed by atoms with van der Waals surface area (Å²) in [6.07, 6.45) is 0. The van der Waals surface area contributed by atoms with Crippen LogP contribution in [0.15, 0.2) is 66.7 Å². The highest BCUT2D eigenvalue weighted by Crippen LogP contribution is 2.69. The van der Waals surface area contributed by atoms with Crippen LogP contribution < -0.4 is 5.32 Å². The highest BCUT2D eigenvalue weighted by atomic mass is 35.5. The molecule has 176 valence electrons. The first-order valence-corrected chi connectivity index (χ1v) is 12.3. The maximum atomic E-state index is 13.8. The molecule has 0 radical (unpaired) electrons. The maximum Gasteiger partial charge on any atom is 0.244 e. The zero-order valence-electron chi connectivity index (χ0n) is 19.1. The van der Waals surface area contributed by atoms with Gasteiger partial charge in [0, 0.05) is 5.69 Å². The Morgan fingerprint density at radius 2 is 1.26 bits per heavy atom. The van der Waals surface area contributed by atoms with E-state index in [1.807, 2.05) is 74.5 Å². The SMILES string of the molecule is Cc1cccc(NC(=O)CN2C(=O)[C@@H]3[C@@H](C2=O)C2(Cl)c4ccccc4C3(Cl)c3ccccc32)c1C. The molecular formula is C28H22Cl2N2O3. The third-order valence-corrected chi connectivity index (χ3v) is 9.14. The number of hydrogen-bond donors (Lipinski definition) is 1. The summed E-state index contributed by atoms with van der Waals surface area (Å²) in [5.41, 5.74) is 5.55. The van der Waals surface area contributed by atoms with Crippen molar-refractivity contribution >= 4 is 46.6 Å². The van der Waals surface area contributed by atoms with E-state index in [2.05, 4.69) is 5.32 Å². The second-order valence-corrected chi connectivity index (χ2v) is 10.7. The minimum absolute atomic E-state index is 0.398. The molecule has 0 aromatic heterocycles. The van der Waals surface area contributed by atoms with Crippen LogP contribution >= 0.6 is 23.2 Å². The number of nitrogens with one attached hydrogen (secondary N) is 1. The van der Waals surface area contributed by atoms with Gasteiger partial charge in [0.05, 0.1) is 11.8 Å². The molecule has 1 heterocycles. The third-order valence-electron chi connectivity index (χ3n) is 7.86. The molecule has 3 aromatic rings. The van der Waals surface area contributed by atoms with Crippen molar-refractivity contribution in [3.63, 3.8) is 0 Å². The summed E-state index contributed by atoms with van der Waals surface area (Å²) in [5.74, 6) is -3.21. The molecule has 3 aliphatic carbocycles. The van der Waals surface area contributed by atoms with Crippen molar-refractivity contribution in [2.24, 2.45) is 11.8 Å². The van der Waals surface area contributed by atoms with E-state index in [1.165, 1.54) is 0 Å². The number of nitrogens with zero attached hydrogens (tertiary/aromatic N) is 1. The first-order valence-electron chi connectivity index (χ1n) is 11.5. The van der Waals surface area contributed by atoms with E-state index in [-0.39, 0.29) is 0 Å². The Morgan fingerprint density at radius 1 is 0.800 bits per heavy atom. The zero-order chi connectivity index (χ0) is 24.7. The average Bonchev–Trinajstić information content (AvgIpc) is 3.11. The van der Waals surface area contributed by atoms with Gasteiger partial charge in [-0.1, -0.05) is 60.7 Å². The molecular weight excluding hydrogens is 483 g/mol. The van der Waals surface area contributed by atoms with Crippen molar-refractivity contribution in [2.75, 3.05) is 11.9 Å². The number of hydrogen-bond acceptors (Lipinski definition) is 3. The van der Waals surface area contributed by atoms with Gasteiger partial charge in [0.15, 0.2) is 0 Å². The molecule has 2 bridgehead atoms. The van der Waals surface area contributed by atoms with E-state index in [9.17, 15) is 14.4 Å². The summed E-state index contributed by atoms with van der Waals surface area (Å²) in [4.78, 5) is 39.1. The lowest BCUT2D eigenvalue weighted by Gasteiger charge is -2.54. The second kappa shape index (κ2) is 7.42. The summed E-state index contributed by atoms with van der Waals surface area (Å²) in [7, 11) is 0. The summed E-state index contributed by atoms with van der Waals surface area (Å²) in [6.45, 7) is 3.46. The van der Waals surface area contributed by atoms with Crippen molar-refractivity contribution in [2.45, 2.75) is 23.6 Å². The third kappa shape index (κ3) is 2.74. The maximum absolute atomic E-state index is 13.8. The smallest absolute Gasteiger partial charge is 0.244 e. The topological polar surface area (TPSA) is 66.5 Å². The Bertz CT molecular complexity index is 1330. The first-order chi connectivity index (χ1) is 16.7. The van der Waals surface area contributed by atoms with Crippen LogP contribution in [0.2, 0.25) is 0 Å². The van der Waals surface area contributed by atoms with E-state index in [4.69, 9.17) is 23.2 Å². The van der Waals surface area contributed by atoms with E-state index < -0.39 is 45.9 Å². The van der Waals surface area contributed by atoms with Crippen molar-refractivity contribution < 1.29 is 14.4 Å². The molecule has 0 unspecified atom stereocenters. The summed E-state index contributed by atoms with van der Waals surface area (Å²) < 4.78 is 0. The predicted molar refractivity (Wildman–Crippen MR) is 134 cm³/mol. The first kappa shape index (κ1) is 22.3. The van der Waals surface area contributed by atoms with Gasteiger partial charge in [-0.3, -0.25) is 19.3 Å². The van der Waals surface area contributed by atoms with Gasteiger partial charge >= 0.3 is 0 Å². The fourth-order valence-electron chi connectivity index (χ4n) is 6.10. The van der Waals surface area contributed by atoms with E-state index in [0.29, 0.717) is 5.69 Å². The number of amides is 3. The number of rotatable bonds is 3. The Balaban J connectivity index is 1.42. The van der Waals surface area contributed by atoms with Crippen molar-refractivity contribution in [1.82, 2.24) is 4.90 Å². The number of aryl methyl sites for hydroxylation is 1. The molecule has 1 aliphatic heterocycles. The number of likely N-dealkylation sites (tertiary alicyclic amines) is 1. The molecule has 0 spiro atoms. The number of benzene rings is 3. The lowest BCUT2D eigenvalue weighted by molar-refractivity contribution is -0.142. The van der Waals surface area contributed by atoms with Gasteiger partial charge in [-0.2, -0.15) is 0 Å². The number of halogens is 2. The molecule has 1 fully saturated rings. The van der Waals surface area contributed by atoms with E-state index in [1.54, 1.807) is 6.07 Å². The van der Waals surface area contributed by atoms with Crippen LogP contribution in [0.25, 0.3) is 0 Å². The highest BCUT2D eigenvalue weighted by Gasteiger charge is 2.73. The van der Waals surface area contributed by atoms with Crippen LogP contribution in [-0.2, 0) is 24.1 Å². The normalized spacial score (nSPS) is 27.9. The lowest BCUT2D eigenvalue weighted by Crippen LogP contribution is -2.57. The van der Waals surface area contributed by atoms with Gasteiger partial charge in [-0.05, 0) is 53.3 Å². The Kier molecular flexibility index (Phi) is 4.73. The quantitative estimate of drug-likeness (QED) is 0.410. The number of anilines is 1. The van der Waals surface area contributed by atoms with Crippen LogP contribution in [0.3, 0.4) is 0 Å². The van der Waals surface area contributed by atoms with Gasteiger partial charge in [-0.15, -0.1) is 23.2 Å². The lowest BCUT2D eigenvalue weighted by atomic mass is 9.54.